The van der Waals surface area contributed by atoms with Crippen LogP contribution < -0.4 is 4.72 Å². The molecule has 0 aliphatic carbocycles. The first kappa shape index (κ1) is 19.1. The third-order valence-electron chi connectivity index (χ3n) is 3.63. The fourth-order valence-electron chi connectivity index (χ4n) is 2.28. The highest BCUT2D eigenvalue weighted by atomic mass is 32.2. The fourth-order valence-corrected chi connectivity index (χ4v) is 3.52. The third kappa shape index (κ3) is 4.64. The molecule has 2 aromatic rings. The van der Waals surface area contributed by atoms with Gasteiger partial charge in [-0.1, -0.05) is 19.8 Å². The Hall–Kier alpha value is -2.26. The number of hydrogen-bond donors (Lipinski definition) is 2. The third-order valence-corrected chi connectivity index (χ3v) is 5.10. The molecular weight excluding hydrogens is 349 g/mol. The number of aliphatic carboxylic acids is 1. The Kier molecular flexibility index (Phi) is 5.91. The number of carbonyl (C=O) groups is 1. The number of sulfonamides is 1. The summed E-state index contributed by atoms with van der Waals surface area (Å²) in [5.74, 6) is -2.03. The summed E-state index contributed by atoms with van der Waals surface area (Å²) in [6.45, 7) is 3.67. The van der Waals surface area contributed by atoms with E-state index >= 15 is 0 Å². The Morgan fingerprint density at radius 1 is 1.44 bits per heavy atom. The molecule has 0 spiro atoms. The van der Waals surface area contributed by atoms with Gasteiger partial charge < -0.3 is 5.11 Å². The predicted molar refractivity (Wildman–Crippen MR) is 89.5 cm³/mol. The molecule has 25 heavy (non-hydrogen) atoms. The van der Waals surface area contributed by atoms with E-state index < -0.39 is 27.9 Å². The van der Waals surface area contributed by atoms with E-state index in [4.69, 9.17) is 5.11 Å². The molecule has 1 atom stereocenters. The van der Waals surface area contributed by atoms with Crippen molar-refractivity contribution < 1.29 is 22.7 Å². The predicted octanol–water partition coefficient (Wildman–Crippen LogP) is 2.24. The zero-order valence-corrected chi connectivity index (χ0v) is 14.8. The van der Waals surface area contributed by atoms with Crippen LogP contribution in [-0.4, -0.2) is 35.3 Å². The summed E-state index contributed by atoms with van der Waals surface area (Å²) in [5.41, 5.74) is 0.936. The molecule has 7 nitrogen and oxygen atoms in total. The van der Waals surface area contributed by atoms with Gasteiger partial charge in [0.1, 0.15) is 17.5 Å². The first-order valence-electron chi connectivity index (χ1n) is 7.81. The van der Waals surface area contributed by atoms with Crippen LogP contribution in [0.3, 0.4) is 0 Å². The van der Waals surface area contributed by atoms with Gasteiger partial charge in [-0.15, -0.1) is 0 Å². The van der Waals surface area contributed by atoms with Gasteiger partial charge in [0.05, 0.1) is 11.1 Å². The summed E-state index contributed by atoms with van der Waals surface area (Å²) in [6.07, 6.45) is 4.62. The zero-order chi connectivity index (χ0) is 18.6. The van der Waals surface area contributed by atoms with Gasteiger partial charge in [-0.3, -0.25) is 4.79 Å². The molecule has 2 N–H and O–H groups in total. The van der Waals surface area contributed by atoms with Crippen LogP contribution in [0.2, 0.25) is 0 Å². The minimum absolute atomic E-state index is 0.104. The van der Waals surface area contributed by atoms with Crippen molar-refractivity contribution in [1.82, 2.24) is 14.5 Å². The first-order chi connectivity index (χ1) is 11.7. The molecular formula is C16H20FN3O4S. The van der Waals surface area contributed by atoms with Crippen LogP contribution in [0.5, 0.6) is 0 Å². The molecule has 136 valence electrons. The Morgan fingerprint density at radius 2 is 2.16 bits per heavy atom. The van der Waals surface area contributed by atoms with Gasteiger partial charge >= 0.3 is 5.97 Å². The molecule has 1 aromatic carbocycles. The summed E-state index contributed by atoms with van der Waals surface area (Å²) in [7, 11) is -4.15. The largest absolute Gasteiger partial charge is 0.480 e. The summed E-state index contributed by atoms with van der Waals surface area (Å²) in [6, 6.07) is 2.11. The normalized spacial score (nSPS) is 12.9. The van der Waals surface area contributed by atoms with Gasteiger partial charge in [-0.25, -0.2) is 17.5 Å². The zero-order valence-electron chi connectivity index (χ0n) is 13.9. The molecule has 1 aromatic heterocycles. The van der Waals surface area contributed by atoms with E-state index in [-0.39, 0.29) is 17.0 Å². The molecule has 0 fully saturated rings. The first-order valence-corrected chi connectivity index (χ1v) is 9.29. The van der Waals surface area contributed by atoms with Crippen molar-refractivity contribution in [1.29, 1.82) is 0 Å². The molecule has 9 heteroatoms. The number of benzene rings is 1. The minimum Gasteiger partial charge on any atom is -0.480 e. The van der Waals surface area contributed by atoms with E-state index in [1.165, 1.54) is 16.8 Å². The number of nitrogens with zero attached hydrogens (tertiary/aromatic N) is 2. The smallest absolute Gasteiger partial charge is 0.321 e. The number of halogens is 1. The summed E-state index contributed by atoms with van der Waals surface area (Å²) in [5, 5.41) is 13.1. The van der Waals surface area contributed by atoms with Crippen molar-refractivity contribution in [2.75, 3.05) is 0 Å². The van der Waals surface area contributed by atoms with Gasteiger partial charge in [-0.2, -0.15) is 9.82 Å². The standard InChI is InChI=1S/C16H20FN3O4S/c1-3-4-5-14(16(21)22)19-25(23,24)12-6-7-15(13(17)8-12)20-10-11(2)9-18-20/h6-10,14,19H,3-5H2,1-2H3,(H,21,22). The maximum Gasteiger partial charge on any atom is 0.321 e. The monoisotopic (exact) mass is 369 g/mol. The van der Waals surface area contributed by atoms with Gasteiger partial charge in [-0.05, 0) is 37.1 Å². The van der Waals surface area contributed by atoms with E-state index in [1.54, 1.807) is 19.3 Å². The van der Waals surface area contributed by atoms with Crippen molar-refractivity contribution in [3.63, 3.8) is 0 Å². The Balaban J connectivity index is 2.27. The van der Waals surface area contributed by atoms with Crippen LogP contribution in [0.15, 0.2) is 35.5 Å². The summed E-state index contributed by atoms with van der Waals surface area (Å²) >= 11 is 0. The van der Waals surface area contributed by atoms with Crippen LogP contribution >= 0.6 is 0 Å². The molecule has 0 saturated heterocycles. The lowest BCUT2D eigenvalue weighted by Gasteiger charge is -2.15. The van der Waals surface area contributed by atoms with Crippen molar-refractivity contribution in [3.8, 4) is 5.69 Å². The maximum atomic E-state index is 14.3. The lowest BCUT2D eigenvalue weighted by molar-refractivity contribution is -0.139. The number of rotatable bonds is 8. The fraction of sp³-hybridized carbons (Fsp3) is 0.375. The number of hydrogen-bond acceptors (Lipinski definition) is 4. The average Bonchev–Trinajstić information content (AvgIpc) is 2.97. The average molecular weight is 369 g/mol. The molecule has 0 saturated carbocycles. The van der Waals surface area contributed by atoms with Gasteiger partial charge in [0.2, 0.25) is 10.0 Å². The topological polar surface area (TPSA) is 101 Å². The number of carboxylic acids is 1. The summed E-state index contributed by atoms with van der Waals surface area (Å²) < 4.78 is 42.4. The van der Waals surface area contributed by atoms with Crippen molar-refractivity contribution in [2.45, 2.75) is 44.0 Å². The van der Waals surface area contributed by atoms with E-state index in [9.17, 15) is 17.6 Å². The van der Waals surface area contributed by atoms with Crippen LogP contribution in [-0.2, 0) is 14.8 Å². The number of aromatic nitrogens is 2. The molecule has 0 aliphatic rings. The molecule has 0 bridgehead atoms. The Labute approximate surface area is 145 Å². The number of aryl methyl sites for hydroxylation is 1. The highest BCUT2D eigenvalue weighted by Gasteiger charge is 2.25. The SMILES string of the molecule is CCCCC(NS(=O)(=O)c1ccc(-n2cc(C)cn2)c(F)c1)C(=O)O. The van der Waals surface area contributed by atoms with E-state index in [0.29, 0.717) is 6.42 Å². The molecule has 1 unspecified atom stereocenters. The molecule has 0 amide bonds. The minimum atomic E-state index is -4.15. The van der Waals surface area contributed by atoms with Crippen LogP contribution in [0, 0.1) is 12.7 Å². The van der Waals surface area contributed by atoms with Crippen molar-refractivity contribution >= 4 is 16.0 Å². The molecule has 1 heterocycles. The highest BCUT2D eigenvalue weighted by Crippen LogP contribution is 2.19. The van der Waals surface area contributed by atoms with Crippen LogP contribution in [0.4, 0.5) is 4.39 Å². The van der Waals surface area contributed by atoms with Crippen LogP contribution in [0.25, 0.3) is 5.69 Å². The van der Waals surface area contributed by atoms with E-state index in [1.807, 2.05) is 6.92 Å². The van der Waals surface area contributed by atoms with E-state index in [0.717, 1.165) is 18.1 Å². The van der Waals surface area contributed by atoms with Gasteiger partial charge in [0.25, 0.3) is 0 Å². The Bertz CT molecular complexity index is 864. The summed E-state index contributed by atoms with van der Waals surface area (Å²) in [4.78, 5) is 10.9. The van der Waals surface area contributed by atoms with E-state index in [2.05, 4.69) is 9.82 Å². The number of carboxylic acid groups (broad SMARTS) is 1. The van der Waals surface area contributed by atoms with Crippen LogP contribution in [0.1, 0.15) is 31.7 Å². The number of unbranched alkanes of at least 4 members (excludes halogenated alkanes) is 1. The van der Waals surface area contributed by atoms with Gasteiger partial charge in [0, 0.05) is 6.20 Å². The maximum absolute atomic E-state index is 14.3. The van der Waals surface area contributed by atoms with Gasteiger partial charge in [0.15, 0.2) is 0 Å². The lowest BCUT2D eigenvalue weighted by atomic mass is 10.1. The molecule has 2 rings (SSSR count). The van der Waals surface area contributed by atoms with Crippen molar-refractivity contribution in [3.05, 3.63) is 42.0 Å². The lowest BCUT2D eigenvalue weighted by Crippen LogP contribution is -2.40. The second-order valence-corrected chi connectivity index (χ2v) is 7.44. The molecule has 0 aliphatic heterocycles. The number of nitrogens with one attached hydrogen (secondary N) is 1. The molecule has 0 radical (unpaired) electrons. The second-order valence-electron chi connectivity index (χ2n) is 5.73. The quantitative estimate of drug-likeness (QED) is 0.743. The van der Waals surface area contributed by atoms with Crippen molar-refractivity contribution in [2.24, 2.45) is 0 Å². The second kappa shape index (κ2) is 7.75. The highest BCUT2D eigenvalue weighted by molar-refractivity contribution is 7.89. The Morgan fingerprint density at radius 3 is 2.68 bits per heavy atom.